The second-order valence-corrected chi connectivity index (χ2v) is 7.94. The van der Waals surface area contributed by atoms with E-state index >= 15 is 0 Å². The Balaban J connectivity index is 2.72. The molecule has 6 heteroatoms. The van der Waals surface area contributed by atoms with Crippen LogP contribution in [0.1, 0.15) is 47.1 Å². The fraction of sp³-hybridized carbons (Fsp3) is 0.647. The Bertz CT molecular complexity index is 548. The van der Waals surface area contributed by atoms with E-state index in [1.54, 1.807) is 11.1 Å². The Morgan fingerprint density at radius 2 is 1.91 bits per heavy atom. The summed E-state index contributed by atoms with van der Waals surface area (Å²) in [7, 11) is 0. The lowest BCUT2D eigenvalue weighted by molar-refractivity contribution is 0.00749. The number of pyridine rings is 1. The van der Waals surface area contributed by atoms with Crippen molar-refractivity contribution >= 4 is 23.4 Å². The number of carbonyl (C=O) groups is 1. The van der Waals surface area contributed by atoms with Gasteiger partial charge in [0.2, 0.25) is 0 Å². The van der Waals surface area contributed by atoms with Crippen LogP contribution in [0.15, 0.2) is 12.3 Å². The smallest absolute Gasteiger partial charge is 0.410 e. The minimum atomic E-state index is -0.516. The molecular weight excluding hydrogens is 314 g/mol. The maximum Gasteiger partial charge on any atom is 0.410 e. The van der Waals surface area contributed by atoms with E-state index in [2.05, 4.69) is 10.3 Å². The molecule has 0 atom stereocenters. The lowest BCUT2D eigenvalue weighted by Gasteiger charge is -2.37. The maximum absolute atomic E-state index is 12.4. The molecule has 0 aliphatic carbocycles. The first kappa shape index (κ1) is 19.6. The van der Waals surface area contributed by atoms with Gasteiger partial charge in [-0.2, -0.15) is 0 Å². The van der Waals surface area contributed by atoms with Gasteiger partial charge in [-0.15, -0.1) is 0 Å². The number of carbonyl (C=O) groups excluding carboxylic acids is 1. The SMILES string of the molecule is Cc1cnc(Cl)c(NCCN(C(=O)OC(C)(C)C)C(C)(C)C)c1. The van der Waals surface area contributed by atoms with Crippen LogP contribution in [0.25, 0.3) is 0 Å². The molecule has 0 fully saturated rings. The first-order chi connectivity index (χ1) is 10.4. The number of halogens is 1. The van der Waals surface area contributed by atoms with Gasteiger partial charge in [0.15, 0.2) is 5.15 Å². The summed E-state index contributed by atoms with van der Waals surface area (Å²) in [5.41, 5.74) is 0.942. The highest BCUT2D eigenvalue weighted by molar-refractivity contribution is 6.31. The molecule has 0 saturated carbocycles. The number of amides is 1. The first-order valence-electron chi connectivity index (χ1n) is 7.77. The van der Waals surface area contributed by atoms with Crippen molar-refractivity contribution in [1.29, 1.82) is 0 Å². The van der Waals surface area contributed by atoms with Crippen molar-refractivity contribution < 1.29 is 9.53 Å². The Morgan fingerprint density at radius 1 is 1.30 bits per heavy atom. The van der Waals surface area contributed by atoms with E-state index < -0.39 is 5.60 Å². The summed E-state index contributed by atoms with van der Waals surface area (Å²) in [5.74, 6) is 0. The van der Waals surface area contributed by atoms with E-state index in [1.807, 2.05) is 54.5 Å². The minimum absolute atomic E-state index is 0.319. The molecule has 1 heterocycles. The van der Waals surface area contributed by atoms with Gasteiger partial charge >= 0.3 is 6.09 Å². The molecule has 23 heavy (non-hydrogen) atoms. The van der Waals surface area contributed by atoms with Crippen LogP contribution in [0, 0.1) is 6.92 Å². The van der Waals surface area contributed by atoms with Crippen molar-refractivity contribution in [2.45, 2.75) is 59.6 Å². The summed E-state index contributed by atoms with van der Waals surface area (Å²) in [5, 5.41) is 3.66. The zero-order valence-electron chi connectivity index (χ0n) is 15.2. The number of ether oxygens (including phenoxy) is 1. The van der Waals surface area contributed by atoms with Gasteiger partial charge in [0.1, 0.15) is 5.60 Å². The Hall–Kier alpha value is -1.49. The molecule has 1 amide bonds. The van der Waals surface area contributed by atoms with Gasteiger partial charge in [-0.1, -0.05) is 11.6 Å². The molecule has 1 aromatic rings. The third kappa shape index (κ3) is 6.65. The van der Waals surface area contributed by atoms with Crippen LogP contribution in [-0.4, -0.2) is 40.2 Å². The number of hydrogen-bond donors (Lipinski definition) is 1. The van der Waals surface area contributed by atoms with Gasteiger partial charge in [-0.05, 0) is 60.1 Å². The highest BCUT2D eigenvalue weighted by atomic mass is 35.5. The summed E-state index contributed by atoms with van der Waals surface area (Å²) in [6, 6.07) is 1.93. The van der Waals surface area contributed by atoms with Crippen LogP contribution in [0.3, 0.4) is 0 Å². The summed E-state index contributed by atoms with van der Waals surface area (Å²) in [6.45, 7) is 14.6. The van der Waals surface area contributed by atoms with E-state index in [0.29, 0.717) is 18.2 Å². The third-order valence-electron chi connectivity index (χ3n) is 3.05. The average molecular weight is 342 g/mol. The van der Waals surface area contributed by atoms with Crippen LogP contribution in [0.2, 0.25) is 5.15 Å². The fourth-order valence-corrected chi connectivity index (χ4v) is 2.17. The van der Waals surface area contributed by atoms with Crippen molar-refractivity contribution in [3.8, 4) is 0 Å². The van der Waals surface area contributed by atoms with Crippen LogP contribution in [0.4, 0.5) is 10.5 Å². The summed E-state index contributed by atoms with van der Waals surface area (Å²) < 4.78 is 5.49. The predicted molar refractivity (Wildman–Crippen MR) is 95.2 cm³/mol. The van der Waals surface area contributed by atoms with Gasteiger partial charge in [-0.3, -0.25) is 0 Å². The van der Waals surface area contributed by atoms with E-state index in [9.17, 15) is 4.79 Å². The number of nitrogens with one attached hydrogen (secondary N) is 1. The molecule has 0 aliphatic heterocycles. The zero-order valence-corrected chi connectivity index (χ0v) is 15.9. The monoisotopic (exact) mass is 341 g/mol. The molecule has 1 rings (SSSR count). The van der Waals surface area contributed by atoms with Gasteiger partial charge < -0.3 is 15.0 Å². The molecule has 5 nitrogen and oxygen atoms in total. The van der Waals surface area contributed by atoms with Crippen molar-refractivity contribution in [3.05, 3.63) is 23.0 Å². The Kier molecular flexibility index (Phi) is 6.28. The first-order valence-corrected chi connectivity index (χ1v) is 8.14. The largest absolute Gasteiger partial charge is 0.444 e. The Labute approximate surface area is 144 Å². The van der Waals surface area contributed by atoms with E-state index in [0.717, 1.165) is 11.3 Å². The van der Waals surface area contributed by atoms with Gasteiger partial charge in [0.05, 0.1) is 5.69 Å². The molecule has 1 aromatic heterocycles. The van der Waals surface area contributed by atoms with Crippen LogP contribution >= 0.6 is 11.6 Å². The lowest BCUT2D eigenvalue weighted by atomic mass is 10.1. The van der Waals surface area contributed by atoms with Crippen molar-refractivity contribution in [2.75, 3.05) is 18.4 Å². The molecule has 0 saturated heterocycles. The molecule has 0 unspecified atom stereocenters. The second kappa shape index (κ2) is 7.39. The molecule has 130 valence electrons. The van der Waals surface area contributed by atoms with E-state index in [4.69, 9.17) is 16.3 Å². The standard InChI is InChI=1S/C17H28ClN3O2/c1-12-10-13(14(18)20-11-12)19-8-9-21(16(2,3)4)15(22)23-17(5,6)7/h10-11,19H,8-9H2,1-7H3. The quantitative estimate of drug-likeness (QED) is 0.820. The van der Waals surface area contributed by atoms with Crippen molar-refractivity contribution in [3.63, 3.8) is 0 Å². The van der Waals surface area contributed by atoms with Gasteiger partial charge in [0.25, 0.3) is 0 Å². The number of anilines is 1. The van der Waals surface area contributed by atoms with Crippen LogP contribution in [0.5, 0.6) is 0 Å². The Morgan fingerprint density at radius 3 is 2.43 bits per heavy atom. The van der Waals surface area contributed by atoms with Crippen LogP contribution in [-0.2, 0) is 4.74 Å². The topological polar surface area (TPSA) is 54.5 Å². The van der Waals surface area contributed by atoms with E-state index in [-0.39, 0.29) is 11.6 Å². The molecule has 0 aromatic carbocycles. The molecule has 0 radical (unpaired) electrons. The highest BCUT2D eigenvalue weighted by Gasteiger charge is 2.30. The molecular formula is C17H28ClN3O2. The number of aromatic nitrogens is 1. The van der Waals surface area contributed by atoms with Gasteiger partial charge in [-0.25, -0.2) is 9.78 Å². The number of nitrogens with zero attached hydrogens (tertiary/aromatic N) is 2. The van der Waals surface area contributed by atoms with E-state index in [1.165, 1.54) is 0 Å². The molecule has 0 spiro atoms. The molecule has 0 bridgehead atoms. The highest BCUT2D eigenvalue weighted by Crippen LogP contribution is 2.21. The van der Waals surface area contributed by atoms with Gasteiger partial charge in [0, 0.05) is 24.8 Å². The number of aryl methyl sites for hydroxylation is 1. The molecule has 0 aliphatic rings. The normalized spacial score (nSPS) is 12.0. The predicted octanol–water partition coefficient (Wildman–Crippen LogP) is 4.49. The van der Waals surface area contributed by atoms with Crippen molar-refractivity contribution in [2.24, 2.45) is 0 Å². The fourth-order valence-electron chi connectivity index (χ4n) is 2.00. The summed E-state index contributed by atoms with van der Waals surface area (Å²) in [4.78, 5) is 18.2. The zero-order chi connectivity index (χ0) is 17.8. The van der Waals surface area contributed by atoms with Crippen LogP contribution < -0.4 is 5.32 Å². The van der Waals surface area contributed by atoms with Crippen molar-refractivity contribution in [1.82, 2.24) is 9.88 Å². The minimum Gasteiger partial charge on any atom is -0.444 e. The second-order valence-electron chi connectivity index (χ2n) is 7.58. The average Bonchev–Trinajstić information content (AvgIpc) is 2.34. The lowest BCUT2D eigenvalue weighted by Crippen LogP contribution is -2.49. The molecule has 1 N–H and O–H groups in total. The maximum atomic E-state index is 12.4. The summed E-state index contributed by atoms with van der Waals surface area (Å²) >= 11 is 6.07. The summed E-state index contributed by atoms with van der Waals surface area (Å²) in [6.07, 6.45) is 1.40. The number of hydrogen-bond acceptors (Lipinski definition) is 4. The third-order valence-corrected chi connectivity index (χ3v) is 3.35. The number of rotatable bonds is 4.